The Bertz CT molecular complexity index is 1100. The summed E-state index contributed by atoms with van der Waals surface area (Å²) in [6.07, 6.45) is 5.47. The lowest BCUT2D eigenvalue weighted by Crippen LogP contribution is -2.34. The quantitative estimate of drug-likeness (QED) is 0.418. The van der Waals surface area contributed by atoms with Gasteiger partial charge in [0.25, 0.3) is 0 Å². The van der Waals surface area contributed by atoms with Crippen LogP contribution in [0.1, 0.15) is 24.2 Å². The number of piperidine rings is 1. The summed E-state index contributed by atoms with van der Waals surface area (Å²) in [5.74, 6) is 1.65. The fourth-order valence-corrected chi connectivity index (χ4v) is 4.50. The van der Waals surface area contributed by atoms with Crippen molar-refractivity contribution in [3.63, 3.8) is 0 Å². The number of nitrogens with zero attached hydrogens (tertiary/aromatic N) is 3. The van der Waals surface area contributed by atoms with E-state index in [2.05, 4.69) is 62.2 Å². The summed E-state index contributed by atoms with van der Waals surface area (Å²) in [6.45, 7) is 3.02. The molecule has 0 amide bonds. The maximum atomic E-state index is 5.86. The molecule has 5 heteroatoms. The Morgan fingerprint density at radius 1 is 1.04 bits per heavy atom. The van der Waals surface area contributed by atoms with E-state index in [0.717, 1.165) is 57.9 Å². The molecule has 1 saturated heterocycles. The van der Waals surface area contributed by atoms with Crippen molar-refractivity contribution in [2.75, 3.05) is 13.1 Å². The van der Waals surface area contributed by atoms with E-state index in [1.807, 2.05) is 18.3 Å². The summed E-state index contributed by atoms with van der Waals surface area (Å²) >= 11 is 3.54. The summed E-state index contributed by atoms with van der Waals surface area (Å²) in [6, 6.07) is 16.9. The van der Waals surface area contributed by atoms with E-state index in [-0.39, 0.29) is 0 Å². The molecule has 1 aliphatic heterocycles. The maximum absolute atomic E-state index is 5.86. The first-order chi connectivity index (χ1) is 13.7. The zero-order valence-electron chi connectivity index (χ0n) is 15.6. The van der Waals surface area contributed by atoms with Gasteiger partial charge in [0.2, 0.25) is 0 Å². The van der Waals surface area contributed by atoms with Crippen LogP contribution < -0.4 is 0 Å². The highest BCUT2D eigenvalue weighted by atomic mass is 79.9. The van der Waals surface area contributed by atoms with Crippen molar-refractivity contribution in [1.82, 2.24) is 14.9 Å². The van der Waals surface area contributed by atoms with E-state index >= 15 is 0 Å². The normalized spacial score (nSPS) is 16.2. The van der Waals surface area contributed by atoms with E-state index in [1.54, 1.807) is 0 Å². The molecule has 1 fully saturated rings. The summed E-state index contributed by atoms with van der Waals surface area (Å²) in [5.41, 5.74) is 3.96. The molecule has 5 rings (SSSR count). The Morgan fingerprint density at radius 3 is 2.68 bits per heavy atom. The van der Waals surface area contributed by atoms with Gasteiger partial charge >= 0.3 is 0 Å². The molecule has 142 valence electrons. The highest BCUT2D eigenvalue weighted by Gasteiger charge is 2.20. The summed E-state index contributed by atoms with van der Waals surface area (Å²) in [5, 5.41) is 1.04. The van der Waals surface area contributed by atoms with Gasteiger partial charge in [0.05, 0.1) is 12.7 Å². The Morgan fingerprint density at radius 2 is 1.86 bits per heavy atom. The van der Waals surface area contributed by atoms with Crippen molar-refractivity contribution < 1.29 is 4.42 Å². The van der Waals surface area contributed by atoms with E-state index in [4.69, 9.17) is 9.40 Å². The molecule has 0 bridgehead atoms. The van der Waals surface area contributed by atoms with E-state index < -0.39 is 0 Å². The molecule has 0 N–H and O–H groups in total. The predicted octanol–water partition coefficient (Wildman–Crippen LogP) is 5.59. The van der Waals surface area contributed by atoms with Crippen molar-refractivity contribution >= 4 is 38.0 Å². The summed E-state index contributed by atoms with van der Waals surface area (Å²) in [4.78, 5) is 11.8. The van der Waals surface area contributed by atoms with Crippen molar-refractivity contribution in [1.29, 1.82) is 0 Å². The van der Waals surface area contributed by atoms with Crippen LogP contribution in [0, 0.1) is 5.92 Å². The van der Waals surface area contributed by atoms with Crippen LogP contribution in [0.5, 0.6) is 0 Å². The first-order valence-electron chi connectivity index (χ1n) is 9.84. The van der Waals surface area contributed by atoms with Gasteiger partial charge < -0.3 is 4.42 Å². The highest BCUT2D eigenvalue weighted by molar-refractivity contribution is 9.10. The van der Waals surface area contributed by atoms with Crippen molar-refractivity contribution in [2.24, 2.45) is 5.92 Å². The molecule has 0 radical (unpaired) electrons. The lowest BCUT2D eigenvalue weighted by Gasteiger charge is -2.31. The largest absolute Gasteiger partial charge is 0.453 e. The smallest absolute Gasteiger partial charge is 0.172 e. The average Bonchev–Trinajstić information content (AvgIpc) is 3.08. The minimum absolute atomic E-state index is 0.749. The van der Waals surface area contributed by atoms with Crippen LogP contribution in [-0.4, -0.2) is 28.0 Å². The molecule has 1 aliphatic rings. The molecule has 3 heterocycles. The second-order valence-electron chi connectivity index (χ2n) is 7.65. The van der Waals surface area contributed by atoms with Crippen LogP contribution in [0.25, 0.3) is 22.1 Å². The van der Waals surface area contributed by atoms with Gasteiger partial charge in [-0.15, -0.1) is 0 Å². The molecule has 0 spiro atoms. The van der Waals surface area contributed by atoms with Crippen LogP contribution in [0.4, 0.5) is 0 Å². The lowest BCUT2D eigenvalue weighted by molar-refractivity contribution is 0.173. The number of fused-ring (bicyclic) bond motifs is 3. The van der Waals surface area contributed by atoms with Crippen LogP contribution in [0.2, 0.25) is 0 Å². The van der Waals surface area contributed by atoms with E-state index in [1.165, 1.54) is 24.8 Å². The van der Waals surface area contributed by atoms with Crippen molar-refractivity contribution in [3.8, 4) is 0 Å². The van der Waals surface area contributed by atoms with Crippen LogP contribution in [-0.2, 0) is 13.0 Å². The Hall–Kier alpha value is -2.24. The Labute approximate surface area is 172 Å². The number of hydrogen-bond donors (Lipinski definition) is 0. The molecule has 4 nitrogen and oxygen atoms in total. The molecule has 4 aromatic rings. The Kier molecular flexibility index (Phi) is 4.87. The van der Waals surface area contributed by atoms with Crippen molar-refractivity contribution in [3.05, 3.63) is 70.6 Å². The zero-order chi connectivity index (χ0) is 18.9. The number of likely N-dealkylation sites (tertiary alicyclic amines) is 1. The van der Waals surface area contributed by atoms with Crippen molar-refractivity contribution in [2.45, 2.75) is 25.8 Å². The third-order valence-corrected chi connectivity index (χ3v) is 6.15. The van der Waals surface area contributed by atoms with Gasteiger partial charge in [0, 0.05) is 9.86 Å². The standard InChI is InChI=1S/C23H22BrN3O/c24-18-6-7-20-19(13-18)23-21(28-20)14-25-22(26-23)15-27-10-8-17(9-11-27)12-16-4-2-1-3-5-16/h1-7,13-14,17H,8-12,15H2. The molecule has 0 saturated carbocycles. The monoisotopic (exact) mass is 435 g/mol. The van der Waals surface area contributed by atoms with Gasteiger partial charge in [0.1, 0.15) is 16.9 Å². The van der Waals surface area contributed by atoms with E-state index in [0.29, 0.717) is 0 Å². The highest BCUT2D eigenvalue weighted by Crippen LogP contribution is 2.29. The second kappa shape index (κ2) is 7.64. The summed E-state index contributed by atoms with van der Waals surface area (Å²) in [7, 11) is 0. The molecular weight excluding hydrogens is 414 g/mol. The fourth-order valence-electron chi connectivity index (χ4n) is 4.14. The van der Waals surface area contributed by atoms with Gasteiger partial charge in [-0.2, -0.15) is 0 Å². The first-order valence-corrected chi connectivity index (χ1v) is 10.6. The third kappa shape index (κ3) is 3.69. The number of rotatable bonds is 4. The molecular formula is C23H22BrN3O. The lowest BCUT2D eigenvalue weighted by atomic mass is 9.90. The minimum Gasteiger partial charge on any atom is -0.453 e. The molecule has 0 atom stereocenters. The number of halogens is 1. The van der Waals surface area contributed by atoms with Gasteiger partial charge in [-0.25, -0.2) is 9.97 Å². The van der Waals surface area contributed by atoms with Crippen LogP contribution >= 0.6 is 15.9 Å². The minimum atomic E-state index is 0.749. The summed E-state index contributed by atoms with van der Waals surface area (Å²) < 4.78 is 6.89. The average molecular weight is 436 g/mol. The van der Waals surface area contributed by atoms with Gasteiger partial charge in [-0.1, -0.05) is 46.3 Å². The Balaban J connectivity index is 1.27. The van der Waals surface area contributed by atoms with Crippen LogP contribution in [0.15, 0.2) is 63.6 Å². The van der Waals surface area contributed by atoms with Gasteiger partial charge in [-0.05, 0) is 62.0 Å². The molecule has 0 unspecified atom stereocenters. The van der Waals surface area contributed by atoms with Gasteiger partial charge in [-0.3, -0.25) is 4.90 Å². The predicted molar refractivity (Wildman–Crippen MR) is 115 cm³/mol. The number of hydrogen-bond acceptors (Lipinski definition) is 4. The van der Waals surface area contributed by atoms with E-state index in [9.17, 15) is 0 Å². The second-order valence-corrected chi connectivity index (χ2v) is 8.57. The number of benzene rings is 2. The number of furan rings is 1. The molecule has 28 heavy (non-hydrogen) atoms. The molecule has 0 aliphatic carbocycles. The third-order valence-electron chi connectivity index (χ3n) is 5.66. The zero-order valence-corrected chi connectivity index (χ0v) is 17.2. The molecule has 2 aromatic carbocycles. The van der Waals surface area contributed by atoms with Gasteiger partial charge in [0.15, 0.2) is 5.58 Å². The SMILES string of the molecule is Brc1ccc2oc3cnc(CN4CCC(Cc5ccccc5)CC4)nc3c2c1. The fraction of sp³-hybridized carbons (Fsp3) is 0.304. The number of aromatic nitrogens is 2. The molecule has 2 aromatic heterocycles. The topological polar surface area (TPSA) is 42.2 Å². The first kappa shape index (κ1) is 17.8. The maximum Gasteiger partial charge on any atom is 0.172 e. The van der Waals surface area contributed by atoms with Crippen LogP contribution in [0.3, 0.4) is 0 Å².